The van der Waals surface area contributed by atoms with E-state index in [4.69, 9.17) is 22.1 Å². The zero-order valence-corrected chi connectivity index (χ0v) is 12.8. The van der Waals surface area contributed by atoms with Crippen LogP contribution in [0.2, 0.25) is 5.02 Å². The Balaban J connectivity index is 1.80. The van der Waals surface area contributed by atoms with Crippen LogP contribution in [0.15, 0.2) is 66.7 Å². The van der Waals surface area contributed by atoms with Crippen molar-refractivity contribution in [2.75, 3.05) is 0 Å². The van der Waals surface area contributed by atoms with Gasteiger partial charge in [0.15, 0.2) is 0 Å². The van der Waals surface area contributed by atoms with Gasteiger partial charge in [0.05, 0.1) is 5.69 Å². The quantitative estimate of drug-likeness (QED) is 0.778. The Labute approximate surface area is 138 Å². The molecule has 2 aromatic carbocycles. The molecule has 1 heterocycles. The number of hydrogen-bond acceptors (Lipinski definition) is 3. The number of carbonyl (C=O) groups is 1. The molecule has 0 atom stereocenters. The van der Waals surface area contributed by atoms with Gasteiger partial charge in [0.1, 0.15) is 17.2 Å². The van der Waals surface area contributed by atoms with Crippen LogP contribution in [0.25, 0.3) is 11.3 Å². The lowest BCUT2D eigenvalue weighted by atomic mass is 10.1. The highest BCUT2D eigenvalue weighted by Crippen LogP contribution is 2.26. The van der Waals surface area contributed by atoms with E-state index in [-0.39, 0.29) is 5.69 Å². The van der Waals surface area contributed by atoms with Gasteiger partial charge < -0.3 is 10.5 Å². The fourth-order valence-corrected chi connectivity index (χ4v) is 2.19. The average Bonchev–Trinajstić information content (AvgIpc) is 2.58. The molecule has 0 saturated heterocycles. The number of rotatable bonds is 4. The van der Waals surface area contributed by atoms with Crippen LogP contribution in [0.3, 0.4) is 0 Å². The number of pyridine rings is 1. The fraction of sp³-hybridized carbons (Fsp3) is 0. The van der Waals surface area contributed by atoms with Crippen LogP contribution in [0.5, 0.6) is 11.5 Å². The van der Waals surface area contributed by atoms with Gasteiger partial charge in [-0.05, 0) is 60.7 Å². The van der Waals surface area contributed by atoms with Crippen molar-refractivity contribution in [1.82, 2.24) is 4.98 Å². The molecule has 3 aromatic rings. The molecule has 0 radical (unpaired) electrons. The molecule has 114 valence electrons. The normalized spacial score (nSPS) is 10.3. The van der Waals surface area contributed by atoms with Crippen LogP contribution in [-0.2, 0) is 0 Å². The minimum atomic E-state index is -0.547. The summed E-state index contributed by atoms with van der Waals surface area (Å²) in [5.74, 6) is 0.854. The molecule has 3 rings (SSSR count). The maximum Gasteiger partial charge on any atom is 0.267 e. The van der Waals surface area contributed by atoms with Crippen molar-refractivity contribution in [2.45, 2.75) is 0 Å². The Hall–Kier alpha value is -2.85. The number of amides is 1. The SMILES string of the molecule is NC(=O)c1cccc(-c2ccc(Oc3ccc(Cl)cc3)cc2)n1. The molecule has 0 spiro atoms. The van der Waals surface area contributed by atoms with Gasteiger partial charge in [0.25, 0.3) is 5.91 Å². The first-order chi connectivity index (χ1) is 11.1. The van der Waals surface area contributed by atoms with Crippen molar-refractivity contribution in [2.24, 2.45) is 5.73 Å². The number of halogens is 1. The molecular weight excluding hydrogens is 312 g/mol. The summed E-state index contributed by atoms with van der Waals surface area (Å²) in [6, 6.07) is 19.7. The number of nitrogens with two attached hydrogens (primary N) is 1. The van der Waals surface area contributed by atoms with E-state index in [0.29, 0.717) is 22.2 Å². The maximum atomic E-state index is 11.2. The van der Waals surface area contributed by atoms with E-state index in [1.807, 2.05) is 30.3 Å². The Bertz CT molecular complexity index is 830. The molecule has 1 aromatic heterocycles. The summed E-state index contributed by atoms with van der Waals surface area (Å²) < 4.78 is 5.73. The summed E-state index contributed by atoms with van der Waals surface area (Å²) in [5.41, 5.74) is 7.04. The Morgan fingerprint density at radius 3 is 2.13 bits per heavy atom. The van der Waals surface area contributed by atoms with Gasteiger partial charge in [-0.3, -0.25) is 4.79 Å². The Morgan fingerprint density at radius 2 is 1.52 bits per heavy atom. The third kappa shape index (κ3) is 3.67. The summed E-state index contributed by atoms with van der Waals surface area (Å²) in [6.07, 6.45) is 0. The van der Waals surface area contributed by atoms with E-state index in [0.717, 1.165) is 5.56 Å². The summed E-state index contributed by atoms with van der Waals surface area (Å²) >= 11 is 5.84. The molecule has 5 heteroatoms. The molecule has 0 fully saturated rings. The third-order valence-corrected chi connectivity index (χ3v) is 3.45. The predicted molar refractivity (Wildman–Crippen MR) is 89.7 cm³/mol. The van der Waals surface area contributed by atoms with E-state index >= 15 is 0 Å². The van der Waals surface area contributed by atoms with Gasteiger partial charge >= 0.3 is 0 Å². The highest BCUT2D eigenvalue weighted by Gasteiger charge is 2.05. The summed E-state index contributed by atoms with van der Waals surface area (Å²) in [7, 11) is 0. The molecule has 0 bridgehead atoms. The monoisotopic (exact) mass is 324 g/mol. The van der Waals surface area contributed by atoms with Crippen molar-refractivity contribution in [3.63, 3.8) is 0 Å². The number of primary amides is 1. The first kappa shape index (κ1) is 15.1. The Kier molecular flexibility index (Phi) is 4.26. The second kappa shape index (κ2) is 6.50. The first-order valence-electron chi connectivity index (χ1n) is 6.92. The first-order valence-corrected chi connectivity index (χ1v) is 7.30. The van der Waals surface area contributed by atoms with Crippen LogP contribution in [0.4, 0.5) is 0 Å². The molecule has 0 aliphatic carbocycles. The molecule has 0 aliphatic heterocycles. The molecule has 0 aliphatic rings. The van der Waals surface area contributed by atoms with Crippen LogP contribution >= 0.6 is 11.6 Å². The second-order valence-corrected chi connectivity index (χ2v) is 5.29. The maximum absolute atomic E-state index is 11.2. The van der Waals surface area contributed by atoms with Gasteiger partial charge in [-0.2, -0.15) is 0 Å². The molecular formula is C18H13ClN2O2. The molecule has 0 unspecified atom stereocenters. The van der Waals surface area contributed by atoms with Crippen molar-refractivity contribution in [3.05, 3.63) is 77.4 Å². The van der Waals surface area contributed by atoms with Crippen LogP contribution < -0.4 is 10.5 Å². The Morgan fingerprint density at radius 1 is 0.913 bits per heavy atom. The van der Waals surface area contributed by atoms with E-state index in [9.17, 15) is 4.79 Å². The molecule has 4 nitrogen and oxygen atoms in total. The number of aromatic nitrogens is 1. The summed E-state index contributed by atoms with van der Waals surface area (Å²) in [6.45, 7) is 0. The second-order valence-electron chi connectivity index (χ2n) is 4.85. The van der Waals surface area contributed by atoms with Crippen LogP contribution in [0, 0.1) is 0 Å². The number of benzene rings is 2. The van der Waals surface area contributed by atoms with E-state index < -0.39 is 5.91 Å². The fourth-order valence-electron chi connectivity index (χ4n) is 2.07. The van der Waals surface area contributed by atoms with Gasteiger partial charge in [-0.1, -0.05) is 17.7 Å². The molecule has 23 heavy (non-hydrogen) atoms. The summed E-state index contributed by atoms with van der Waals surface area (Å²) in [5, 5.41) is 0.660. The van der Waals surface area contributed by atoms with Crippen LogP contribution in [-0.4, -0.2) is 10.9 Å². The van der Waals surface area contributed by atoms with Gasteiger partial charge in [-0.25, -0.2) is 4.98 Å². The molecule has 2 N–H and O–H groups in total. The molecule has 0 saturated carbocycles. The minimum absolute atomic E-state index is 0.240. The van der Waals surface area contributed by atoms with Crippen molar-refractivity contribution >= 4 is 17.5 Å². The van der Waals surface area contributed by atoms with Crippen LogP contribution in [0.1, 0.15) is 10.5 Å². The van der Waals surface area contributed by atoms with E-state index in [1.54, 1.807) is 36.4 Å². The van der Waals surface area contributed by atoms with Gasteiger partial charge in [0.2, 0.25) is 0 Å². The zero-order chi connectivity index (χ0) is 16.2. The summed E-state index contributed by atoms with van der Waals surface area (Å²) in [4.78, 5) is 15.4. The predicted octanol–water partition coefficient (Wildman–Crippen LogP) is 4.29. The highest BCUT2D eigenvalue weighted by molar-refractivity contribution is 6.30. The minimum Gasteiger partial charge on any atom is -0.457 e. The van der Waals surface area contributed by atoms with Gasteiger partial charge in [0, 0.05) is 10.6 Å². The lowest BCUT2D eigenvalue weighted by Gasteiger charge is -2.07. The number of carbonyl (C=O) groups excluding carboxylic acids is 1. The smallest absolute Gasteiger partial charge is 0.267 e. The average molecular weight is 325 g/mol. The lowest BCUT2D eigenvalue weighted by molar-refractivity contribution is 0.0995. The number of ether oxygens (including phenoxy) is 1. The largest absolute Gasteiger partial charge is 0.457 e. The third-order valence-electron chi connectivity index (χ3n) is 3.20. The lowest BCUT2D eigenvalue weighted by Crippen LogP contribution is -2.12. The zero-order valence-electron chi connectivity index (χ0n) is 12.1. The topological polar surface area (TPSA) is 65.2 Å². The van der Waals surface area contributed by atoms with Gasteiger partial charge in [-0.15, -0.1) is 0 Å². The van der Waals surface area contributed by atoms with E-state index in [2.05, 4.69) is 4.98 Å². The number of hydrogen-bond donors (Lipinski definition) is 1. The standard InChI is InChI=1S/C18H13ClN2O2/c19-13-6-10-15(11-7-13)23-14-8-4-12(5-9-14)16-2-1-3-17(21-16)18(20)22/h1-11H,(H2,20,22). The van der Waals surface area contributed by atoms with Crippen molar-refractivity contribution in [1.29, 1.82) is 0 Å². The van der Waals surface area contributed by atoms with E-state index in [1.165, 1.54) is 0 Å². The van der Waals surface area contributed by atoms with Crippen molar-refractivity contribution in [3.8, 4) is 22.8 Å². The highest BCUT2D eigenvalue weighted by atomic mass is 35.5. The molecule has 1 amide bonds. The van der Waals surface area contributed by atoms with Crippen molar-refractivity contribution < 1.29 is 9.53 Å². The number of nitrogens with zero attached hydrogens (tertiary/aromatic N) is 1.